The SMILES string of the molecule is O=C(COc1ccc2cc(Br)ccc2c1)NNC(=O)c1ccccn1. The van der Waals surface area contributed by atoms with Crippen molar-refractivity contribution in [3.63, 3.8) is 0 Å². The van der Waals surface area contributed by atoms with Gasteiger partial charge in [0.25, 0.3) is 11.8 Å². The number of carbonyl (C=O) groups excluding carboxylic acids is 2. The number of benzene rings is 2. The summed E-state index contributed by atoms with van der Waals surface area (Å²) in [4.78, 5) is 27.4. The van der Waals surface area contributed by atoms with Crippen molar-refractivity contribution in [2.45, 2.75) is 0 Å². The van der Waals surface area contributed by atoms with Crippen molar-refractivity contribution in [1.82, 2.24) is 15.8 Å². The standard InChI is InChI=1S/C18H14BrN3O3/c19-14-6-4-13-10-15(7-5-12(13)9-14)25-11-17(23)21-22-18(24)16-3-1-2-8-20-16/h1-10H,11H2,(H,21,23)(H,22,24). The van der Waals surface area contributed by atoms with E-state index >= 15 is 0 Å². The molecule has 0 saturated heterocycles. The van der Waals surface area contributed by atoms with Crippen LogP contribution < -0.4 is 15.6 Å². The van der Waals surface area contributed by atoms with Crippen LogP contribution >= 0.6 is 15.9 Å². The molecule has 1 heterocycles. The quantitative estimate of drug-likeness (QED) is 0.661. The molecule has 25 heavy (non-hydrogen) atoms. The van der Waals surface area contributed by atoms with E-state index in [1.165, 1.54) is 6.20 Å². The van der Waals surface area contributed by atoms with Gasteiger partial charge in [-0.05, 0) is 47.2 Å². The number of fused-ring (bicyclic) bond motifs is 1. The Labute approximate surface area is 152 Å². The highest BCUT2D eigenvalue weighted by Gasteiger charge is 2.08. The number of hydrogen-bond donors (Lipinski definition) is 2. The zero-order chi connectivity index (χ0) is 17.6. The van der Waals surface area contributed by atoms with E-state index in [4.69, 9.17) is 4.74 Å². The lowest BCUT2D eigenvalue weighted by molar-refractivity contribution is -0.123. The first-order valence-electron chi connectivity index (χ1n) is 7.44. The first-order valence-corrected chi connectivity index (χ1v) is 8.23. The molecule has 0 unspecified atom stereocenters. The number of amides is 2. The molecular weight excluding hydrogens is 386 g/mol. The molecule has 126 valence electrons. The van der Waals surface area contributed by atoms with E-state index < -0.39 is 11.8 Å². The molecule has 0 atom stereocenters. The summed E-state index contributed by atoms with van der Waals surface area (Å²) in [6, 6.07) is 16.4. The summed E-state index contributed by atoms with van der Waals surface area (Å²) in [5.41, 5.74) is 4.78. The fourth-order valence-corrected chi connectivity index (χ4v) is 2.54. The molecule has 2 N–H and O–H groups in total. The van der Waals surface area contributed by atoms with E-state index in [0.717, 1.165) is 15.2 Å². The fourth-order valence-electron chi connectivity index (χ4n) is 2.16. The number of hydrazine groups is 1. The molecule has 2 aromatic carbocycles. The molecule has 0 aliphatic heterocycles. The van der Waals surface area contributed by atoms with E-state index in [2.05, 4.69) is 31.8 Å². The molecule has 3 rings (SSSR count). The molecule has 3 aromatic rings. The first kappa shape index (κ1) is 16.9. The Morgan fingerprint density at radius 2 is 1.80 bits per heavy atom. The summed E-state index contributed by atoms with van der Waals surface area (Å²) < 4.78 is 6.45. The molecular formula is C18H14BrN3O3. The van der Waals surface area contributed by atoms with Crippen molar-refractivity contribution < 1.29 is 14.3 Å². The van der Waals surface area contributed by atoms with Gasteiger partial charge in [0.15, 0.2) is 6.61 Å². The summed E-state index contributed by atoms with van der Waals surface area (Å²) in [7, 11) is 0. The Balaban J connectivity index is 1.52. The van der Waals surface area contributed by atoms with Crippen molar-refractivity contribution in [2.24, 2.45) is 0 Å². The summed E-state index contributed by atoms with van der Waals surface area (Å²) in [5, 5.41) is 2.07. The van der Waals surface area contributed by atoms with Gasteiger partial charge >= 0.3 is 0 Å². The van der Waals surface area contributed by atoms with Crippen LogP contribution in [-0.4, -0.2) is 23.4 Å². The van der Waals surface area contributed by atoms with Gasteiger partial charge in [-0.25, -0.2) is 0 Å². The predicted molar refractivity (Wildman–Crippen MR) is 97.0 cm³/mol. The predicted octanol–water partition coefficient (Wildman–Crippen LogP) is 2.84. The largest absolute Gasteiger partial charge is 0.484 e. The summed E-state index contributed by atoms with van der Waals surface area (Å²) in [6.45, 7) is -0.218. The smallest absolute Gasteiger partial charge is 0.288 e. The maximum absolute atomic E-state index is 11.8. The van der Waals surface area contributed by atoms with Gasteiger partial charge in [-0.15, -0.1) is 0 Å². The number of halogens is 1. The minimum absolute atomic E-state index is 0.212. The number of nitrogens with one attached hydrogen (secondary N) is 2. The molecule has 0 spiro atoms. The maximum Gasteiger partial charge on any atom is 0.288 e. The molecule has 0 fully saturated rings. The Kier molecular flexibility index (Phi) is 5.25. The number of ether oxygens (including phenoxy) is 1. The number of carbonyl (C=O) groups is 2. The summed E-state index contributed by atoms with van der Waals surface area (Å²) >= 11 is 3.42. The molecule has 0 aliphatic rings. The van der Waals surface area contributed by atoms with Crippen LogP contribution in [-0.2, 0) is 4.79 Å². The van der Waals surface area contributed by atoms with Crippen molar-refractivity contribution in [1.29, 1.82) is 0 Å². The van der Waals surface area contributed by atoms with Gasteiger partial charge in [0.2, 0.25) is 0 Å². The molecule has 0 saturated carbocycles. The molecule has 7 heteroatoms. The van der Waals surface area contributed by atoms with E-state index in [0.29, 0.717) is 5.75 Å². The van der Waals surface area contributed by atoms with Gasteiger partial charge in [0, 0.05) is 10.7 Å². The van der Waals surface area contributed by atoms with E-state index in [9.17, 15) is 9.59 Å². The van der Waals surface area contributed by atoms with Gasteiger partial charge < -0.3 is 4.74 Å². The number of nitrogens with zero attached hydrogens (tertiary/aromatic N) is 1. The normalized spacial score (nSPS) is 10.3. The second-order valence-corrected chi connectivity index (χ2v) is 6.07. The third-order valence-electron chi connectivity index (χ3n) is 3.36. The molecule has 2 amide bonds. The zero-order valence-electron chi connectivity index (χ0n) is 13.0. The fraction of sp³-hybridized carbons (Fsp3) is 0.0556. The van der Waals surface area contributed by atoms with Crippen LogP contribution in [0.4, 0.5) is 0 Å². The third-order valence-corrected chi connectivity index (χ3v) is 3.85. The number of pyridine rings is 1. The number of aromatic nitrogens is 1. The van der Waals surface area contributed by atoms with Crippen molar-refractivity contribution in [2.75, 3.05) is 6.61 Å². The van der Waals surface area contributed by atoms with Gasteiger partial charge in [-0.2, -0.15) is 0 Å². The highest BCUT2D eigenvalue weighted by molar-refractivity contribution is 9.10. The summed E-state index contributed by atoms with van der Waals surface area (Å²) in [6.07, 6.45) is 1.50. The van der Waals surface area contributed by atoms with Gasteiger partial charge in [-0.1, -0.05) is 34.1 Å². The van der Waals surface area contributed by atoms with Gasteiger partial charge in [-0.3, -0.25) is 25.4 Å². The number of hydrogen-bond acceptors (Lipinski definition) is 4. The zero-order valence-corrected chi connectivity index (χ0v) is 14.6. The highest BCUT2D eigenvalue weighted by Crippen LogP contribution is 2.24. The Hall–Kier alpha value is -2.93. The highest BCUT2D eigenvalue weighted by atomic mass is 79.9. The lowest BCUT2D eigenvalue weighted by Gasteiger charge is -2.09. The Morgan fingerprint density at radius 1 is 1.00 bits per heavy atom. The second-order valence-electron chi connectivity index (χ2n) is 5.16. The van der Waals surface area contributed by atoms with Crippen LogP contribution in [0.3, 0.4) is 0 Å². The van der Waals surface area contributed by atoms with Crippen LogP contribution in [0.15, 0.2) is 65.3 Å². The lowest BCUT2D eigenvalue weighted by Crippen LogP contribution is -2.44. The van der Waals surface area contributed by atoms with Crippen molar-refractivity contribution >= 4 is 38.5 Å². The van der Waals surface area contributed by atoms with E-state index in [1.54, 1.807) is 24.3 Å². The van der Waals surface area contributed by atoms with Gasteiger partial charge in [0.05, 0.1) is 0 Å². The molecule has 6 nitrogen and oxygen atoms in total. The molecule has 1 aromatic heterocycles. The minimum Gasteiger partial charge on any atom is -0.484 e. The Morgan fingerprint density at radius 3 is 2.60 bits per heavy atom. The molecule has 0 radical (unpaired) electrons. The molecule has 0 bridgehead atoms. The average Bonchev–Trinajstić information content (AvgIpc) is 2.65. The third kappa shape index (κ3) is 4.54. The lowest BCUT2D eigenvalue weighted by atomic mass is 10.1. The monoisotopic (exact) mass is 399 g/mol. The van der Waals surface area contributed by atoms with Crippen LogP contribution in [0.1, 0.15) is 10.5 Å². The van der Waals surface area contributed by atoms with Crippen LogP contribution in [0, 0.1) is 0 Å². The van der Waals surface area contributed by atoms with Crippen molar-refractivity contribution in [3.8, 4) is 5.75 Å². The van der Waals surface area contributed by atoms with Crippen LogP contribution in [0.5, 0.6) is 5.75 Å². The first-order chi connectivity index (χ1) is 12.1. The van der Waals surface area contributed by atoms with Crippen molar-refractivity contribution in [3.05, 3.63) is 71.0 Å². The Bertz CT molecular complexity index is 916. The van der Waals surface area contributed by atoms with E-state index in [-0.39, 0.29) is 12.3 Å². The summed E-state index contributed by atoms with van der Waals surface area (Å²) in [5.74, 6) is -0.397. The number of rotatable bonds is 4. The van der Waals surface area contributed by atoms with Gasteiger partial charge in [0.1, 0.15) is 11.4 Å². The minimum atomic E-state index is -0.495. The average molecular weight is 400 g/mol. The topological polar surface area (TPSA) is 80.3 Å². The second kappa shape index (κ2) is 7.76. The van der Waals surface area contributed by atoms with Crippen LogP contribution in [0.2, 0.25) is 0 Å². The van der Waals surface area contributed by atoms with E-state index in [1.807, 2.05) is 30.3 Å². The molecule has 0 aliphatic carbocycles. The van der Waals surface area contributed by atoms with Crippen LogP contribution in [0.25, 0.3) is 10.8 Å². The maximum atomic E-state index is 11.8.